The van der Waals surface area contributed by atoms with Crippen LogP contribution in [0.4, 0.5) is 4.79 Å². The zero-order chi connectivity index (χ0) is 23.5. The molecule has 2 amide bonds. The van der Waals surface area contributed by atoms with E-state index in [0.29, 0.717) is 31.1 Å². The second kappa shape index (κ2) is 12.9. The smallest absolute Gasteiger partial charge is 0.407 e. The van der Waals surface area contributed by atoms with Crippen molar-refractivity contribution in [3.63, 3.8) is 0 Å². The maximum atomic E-state index is 12.9. The first-order valence-electron chi connectivity index (χ1n) is 10.5. The quantitative estimate of drug-likeness (QED) is 0.349. The summed E-state index contributed by atoms with van der Waals surface area (Å²) in [5, 5.41) is 12.3. The van der Waals surface area contributed by atoms with Crippen molar-refractivity contribution in [3.05, 3.63) is 11.5 Å². The molecule has 1 aliphatic heterocycles. The second-order valence-corrected chi connectivity index (χ2v) is 7.70. The van der Waals surface area contributed by atoms with Crippen molar-refractivity contribution in [2.75, 3.05) is 33.5 Å². The highest BCUT2D eigenvalue weighted by Crippen LogP contribution is 2.20. The van der Waals surface area contributed by atoms with Gasteiger partial charge in [0.15, 0.2) is 11.5 Å². The number of alkyl carbamates (subject to hydrolysis) is 1. The Labute approximate surface area is 185 Å². The fourth-order valence-electron chi connectivity index (χ4n) is 3.21. The van der Waals surface area contributed by atoms with E-state index in [2.05, 4.69) is 21.0 Å². The van der Waals surface area contributed by atoms with Gasteiger partial charge in [-0.25, -0.2) is 4.79 Å². The average molecular weight is 454 g/mol. The molecule has 0 spiro atoms. The third-order valence-electron chi connectivity index (χ3n) is 4.99. The summed E-state index contributed by atoms with van der Waals surface area (Å²) in [6.45, 7) is 4.58. The number of nitrogens with one attached hydrogen (secondary N) is 2. The Morgan fingerprint density at radius 3 is 2.69 bits per heavy atom. The van der Waals surface area contributed by atoms with Crippen molar-refractivity contribution in [1.29, 1.82) is 0 Å². The largest absolute Gasteiger partial charge is 0.447 e. The van der Waals surface area contributed by atoms with Crippen molar-refractivity contribution in [3.8, 4) is 0 Å². The fraction of sp³-hybridized carbons (Fsp3) is 0.700. The van der Waals surface area contributed by atoms with Gasteiger partial charge in [-0.05, 0) is 12.3 Å². The average Bonchev–Trinajstić information content (AvgIpc) is 3.22. The minimum Gasteiger partial charge on any atom is -0.447 e. The van der Waals surface area contributed by atoms with Gasteiger partial charge in [-0.2, -0.15) is 0 Å². The highest BCUT2D eigenvalue weighted by Gasteiger charge is 2.33. The molecule has 12 nitrogen and oxygen atoms in total. The summed E-state index contributed by atoms with van der Waals surface area (Å²) in [6, 6.07) is -0.872. The van der Waals surface area contributed by atoms with Crippen molar-refractivity contribution < 1.29 is 37.9 Å². The van der Waals surface area contributed by atoms with E-state index < -0.39 is 29.7 Å². The molecule has 0 saturated carbocycles. The lowest BCUT2D eigenvalue weighted by atomic mass is 9.87. The molecule has 32 heavy (non-hydrogen) atoms. The zero-order valence-electron chi connectivity index (χ0n) is 18.5. The van der Waals surface area contributed by atoms with Crippen LogP contribution >= 0.6 is 0 Å². The molecule has 0 saturated heterocycles. The lowest BCUT2D eigenvalue weighted by Crippen LogP contribution is -2.46. The molecule has 2 rings (SSSR count). The molecule has 0 aliphatic carbocycles. The first-order valence-corrected chi connectivity index (χ1v) is 10.5. The molecule has 2 unspecified atom stereocenters. The van der Waals surface area contributed by atoms with Gasteiger partial charge >= 0.3 is 6.09 Å². The first kappa shape index (κ1) is 25.4. The number of aromatic nitrogens is 2. The van der Waals surface area contributed by atoms with E-state index in [-0.39, 0.29) is 44.3 Å². The fourth-order valence-corrected chi connectivity index (χ4v) is 3.21. The number of Topliss-reactive ketones (excluding diaryl/α,β-unsaturated/α-hetero) is 2. The van der Waals surface area contributed by atoms with Gasteiger partial charge in [-0.15, -0.1) is 5.10 Å². The van der Waals surface area contributed by atoms with Crippen LogP contribution in [0.15, 0.2) is 4.52 Å². The highest BCUT2D eigenvalue weighted by molar-refractivity contribution is 6.37. The number of carbonyl (C=O) groups is 4. The summed E-state index contributed by atoms with van der Waals surface area (Å²) in [7, 11) is 1.55. The van der Waals surface area contributed by atoms with Gasteiger partial charge in [0, 0.05) is 31.1 Å². The first-order chi connectivity index (χ1) is 15.3. The maximum Gasteiger partial charge on any atom is 0.407 e. The van der Waals surface area contributed by atoms with Crippen LogP contribution in [0.2, 0.25) is 0 Å². The molecule has 0 fully saturated rings. The Kier molecular flexibility index (Phi) is 10.2. The van der Waals surface area contributed by atoms with Gasteiger partial charge in [-0.1, -0.05) is 13.8 Å². The number of ether oxygens (including phenoxy) is 3. The van der Waals surface area contributed by atoms with E-state index in [1.165, 1.54) is 0 Å². The van der Waals surface area contributed by atoms with Crippen LogP contribution in [0.3, 0.4) is 0 Å². The van der Waals surface area contributed by atoms with E-state index in [1.54, 1.807) is 21.0 Å². The summed E-state index contributed by atoms with van der Waals surface area (Å²) in [4.78, 5) is 49.8. The third kappa shape index (κ3) is 7.68. The van der Waals surface area contributed by atoms with Gasteiger partial charge in [-0.3, -0.25) is 14.4 Å². The second-order valence-electron chi connectivity index (χ2n) is 7.70. The van der Waals surface area contributed by atoms with Crippen LogP contribution < -0.4 is 10.6 Å². The molecule has 0 aromatic carbocycles. The molecule has 2 N–H and O–H groups in total. The molecule has 1 aromatic rings. The molecular weight excluding hydrogens is 424 g/mol. The van der Waals surface area contributed by atoms with Gasteiger partial charge in [0.2, 0.25) is 5.78 Å². The summed E-state index contributed by atoms with van der Waals surface area (Å²) in [5.41, 5.74) is 0.453. The van der Waals surface area contributed by atoms with E-state index in [1.807, 2.05) is 0 Å². The number of rotatable bonds is 11. The zero-order valence-corrected chi connectivity index (χ0v) is 18.5. The number of nitrogens with zero attached hydrogens (tertiary/aromatic N) is 2. The van der Waals surface area contributed by atoms with Crippen LogP contribution in [0.25, 0.3) is 0 Å². The van der Waals surface area contributed by atoms with Crippen LogP contribution in [-0.2, 0) is 41.6 Å². The predicted molar refractivity (Wildman–Crippen MR) is 108 cm³/mol. The van der Waals surface area contributed by atoms with Crippen LogP contribution in [0.5, 0.6) is 0 Å². The Morgan fingerprint density at radius 2 is 1.97 bits per heavy atom. The van der Waals surface area contributed by atoms with Gasteiger partial charge in [0.25, 0.3) is 5.91 Å². The molecule has 2 atom stereocenters. The van der Waals surface area contributed by atoms with E-state index >= 15 is 0 Å². The van der Waals surface area contributed by atoms with E-state index in [9.17, 15) is 19.2 Å². The standard InChI is InChI=1S/C20H30N4O8/c1-12(2)17(22-20(28)31-9-8-30-7-6-29-3)15(25)10-13-4-5-16-14(23-24-32-16)11-21-19(27)18(13)26/h12-13,17H,4-11H2,1-3H3,(H,21,27)(H,22,28). The Morgan fingerprint density at radius 1 is 1.22 bits per heavy atom. The molecule has 12 heteroatoms. The minimum atomic E-state index is -0.872. The molecule has 0 radical (unpaired) electrons. The van der Waals surface area contributed by atoms with Crippen molar-refractivity contribution in [2.45, 2.75) is 45.7 Å². The predicted octanol–water partition coefficient (Wildman–Crippen LogP) is 0.190. The number of hydrogen-bond donors (Lipinski definition) is 2. The monoisotopic (exact) mass is 454 g/mol. The van der Waals surface area contributed by atoms with Gasteiger partial charge in [0.05, 0.1) is 32.4 Å². The lowest BCUT2D eigenvalue weighted by Gasteiger charge is -2.23. The summed E-state index contributed by atoms with van der Waals surface area (Å²) < 4.78 is 20.2. The molecule has 1 aliphatic rings. The van der Waals surface area contributed by atoms with Gasteiger partial charge in [0.1, 0.15) is 12.3 Å². The summed E-state index contributed by atoms with van der Waals surface area (Å²) in [5.74, 6) is -2.48. The highest BCUT2D eigenvalue weighted by atomic mass is 16.6. The normalized spacial score (nSPS) is 17.6. The molecule has 1 aromatic heterocycles. The summed E-state index contributed by atoms with van der Waals surface area (Å²) in [6.07, 6.45) is -0.433. The third-order valence-corrected chi connectivity index (χ3v) is 4.99. The Balaban J connectivity index is 1.93. The topological polar surface area (TPSA) is 159 Å². The van der Waals surface area contributed by atoms with Crippen LogP contribution in [0, 0.1) is 11.8 Å². The SMILES string of the molecule is COCCOCCOC(=O)NC(C(=O)CC1CCc2onnc2CNC(=O)C1=O)C(C)C. The number of hydrogen-bond acceptors (Lipinski definition) is 10. The number of carbonyl (C=O) groups excluding carboxylic acids is 4. The van der Waals surface area contributed by atoms with Crippen LogP contribution in [-0.4, -0.2) is 73.5 Å². The van der Waals surface area contributed by atoms with Crippen LogP contribution in [0.1, 0.15) is 38.1 Å². The number of aryl methyl sites for hydroxylation is 1. The molecular formula is C20H30N4O8. The minimum absolute atomic E-state index is 0.0172. The number of methoxy groups -OCH3 is 1. The van der Waals surface area contributed by atoms with Crippen molar-refractivity contribution in [2.24, 2.45) is 11.8 Å². The number of ketones is 2. The summed E-state index contributed by atoms with van der Waals surface area (Å²) >= 11 is 0. The van der Waals surface area contributed by atoms with Crippen molar-refractivity contribution >= 4 is 23.6 Å². The number of amides is 2. The number of fused-ring (bicyclic) bond motifs is 1. The molecule has 2 heterocycles. The van der Waals surface area contributed by atoms with Crippen molar-refractivity contribution in [1.82, 2.24) is 21.0 Å². The maximum absolute atomic E-state index is 12.9. The van der Waals surface area contributed by atoms with Gasteiger partial charge < -0.3 is 29.4 Å². The van der Waals surface area contributed by atoms with E-state index in [0.717, 1.165) is 0 Å². The van der Waals surface area contributed by atoms with E-state index in [4.69, 9.17) is 18.7 Å². The molecule has 178 valence electrons. The molecule has 0 bridgehead atoms. The Bertz CT molecular complexity index is 794. The lowest BCUT2D eigenvalue weighted by molar-refractivity contribution is -0.141. The Hall–Kier alpha value is -2.86.